The molecule has 1 aromatic heterocycles. The van der Waals surface area contributed by atoms with Crippen LogP contribution in [0.3, 0.4) is 0 Å². The highest BCUT2D eigenvalue weighted by molar-refractivity contribution is 5.97. The van der Waals surface area contributed by atoms with E-state index in [2.05, 4.69) is 35.9 Å². The van der Waals surface area contributed by atoms with Gasteiger partial charge in [-0.15, -0.1) is 0 Å². The molecule has 90 valence electrons. The summed E-state index contributed by atoms with van der Waals surface area (Å²) in [6.07, 6.45) is 2.98. The number of aromatic nitrogens is 1. The number of benzene rings is 1. The van der Waals surface area contributed by atoms with Gasteiger partial charge in [-0.25, -0.2) is 0 Å². The second kappa shape index (κ2) is 5.04. The molecule has 2 N–H and O–H groups in total. The number of para-hydroxylation sites is 1. The monoisotopic (exact) mass is 229 g/mol. The molecular weight excluding hydrogens is 210 g/mol. The van der Waals surface area contributed by atoms with E-state index in [9.17, 15) is 0 Å². The minimum atomic E-state index is 0.747. The SMILES string of the molecule is CCCN(CC)c1ccnc2c(N)cccc12. The molecule has 0 amide bonds. The van der Waals surface area contributed by atoms with Crippen molar-refractivity contribution in [3.8, 4) is 0 Å². The van der Waals surface area contributed by atoms with E-state index in [4.69, 9.17) is 5.73 Å². The van der Waals surface area contributed by atoms with Crippen LogP contribution in [0, 0.1) is 0 Å². The number of hydrogen-bond donors (Lipinski definition) is 1. The number of hydrogen-bond acceptors (Lipinski definition) is 3. The minimum absolute atomic E-state index is 0.747. The zero-order chi connectivity index (χ0) is 12.3. The normalized spacial score (nSPS) is 10.7. The molecule has 2 rings (SSSR count). The van der Waals surface area contributed by atoms with Crippen molar-refractivity contribution in [2.24, 2.45) is 0 Å². The van der Waals surface area contributed by atoms with E-state index in [0.717, 1.165) is 36.1 Å². The van der Waals surface area contributed by atoms with Crippen LogP contribution >= 0.6 is 0 Å². The number of nitrogens with zero attached hydrogens (tertiary/aromatic N) is 2. The smallest absolute Gasteiger partial charge is 0.0951 e. The summed E-state index contributed by atoms with van der Waals surface area (Å²) in [6, 6.07) is 8.05. The van der Waals surface area contributed by atoms with Crippen molar-refractivity contribution in [1.29, 1.82) is 0 Å². The zero-order valence-electron chi connectivity index (χ0n) is 10.5. The Morgan fingerprint density at radius 1 is 1.24 bits per heavy atom. The first-order valence-electron chi connectivity index (χ1n) is 6.16. The minimum Gasteiger partial charge on any atom is -0.397 e. The quantitative estimate of drug-likeness (QED) is 0.819. The van der Waals surface area contributed by atoms with Crippen molar-refractivity contribution in [1.82, 2.24) is 4.98 Å². The van der Waals surface area contributed by atoms with E-state index in [0.29, 0.717) is 0 Å². The Labute approximate surface area is 102 Å². The van der Waals surface area contributed by atoms with Crippen molar-refractivity contribution >= 4 is 22.3 Å². The third-order valence-electron chi connectivity index (χ3n) is 3.00. The molecule has 0 aliphatic carbocycles. The van der Waals surface area contributed by atoms with Crippen LogP contribution in [0.1, 0.15) is 20.3 Å². The van der Waals surface area contributed by atoms with Gasteiger partial charge in [-0.05, 0) is 25.5 Å². The molecule has 0 unspecified atom stereocenters. The molecule has 1 heterocycles. The lowest BCUT2D eigenvalue weighted by Gasteiger charge is -2.24. The first kappa shape index (κ1) is 11.7. The molecule has 0 aliphatic rings. The summed E-state index contributed by atoms with van der Waals surface area (Å²) >= 11 is 0. The molecule has 3 nitrogen and oxygen atoms in total. The van der Waals surface area contributed by atoms with Gasteiger partial charge in [0.1, 0.15) is 0 Å². The highest BCUT2D eigenvalue weighted by Gasteiger charge is 2.09. The van der Waals surface area contributed by atoms with Crippen LogP contribution in [0.4, 0.5) is 11.4 Å². The van der Waals surface area contributed by atoms with Crippen molar-refractivity contribution in [2.75, 3.05) is 23.7 Å². The van der Waals surface area contributed by atoms with Gasteiger partial charge in [-0.1, -0.05) is 19.1 Å². The van der Waals surface area contributed by atoms with E-state index in [1.165, 1.54) is 5.69 Å². The van der Waals surface area contributed by atoms with E-state index in [-0.39, 0.29) is 0 Å². The van der Waals surface area contributed by atoms with E-state index in [1.807, 2.05) is 18.3 Å². The predicted octanol–water partition coefficient (Wildman–Crippen LogP) is 3.05. The average Bonchev–Trinajstić information content (AvgIpc) is 2.36. The summed E-state index contributed by atoms with van der Waals surface area (Å²) < 4.78 is 0. The van der Waals surface area contributed by atoms with Crippen LogP contribution in [0.15, 0.2) is 30.5 Å². The Hall–Kier alpha value is -1.77. The summed E-state index contributed by atoms with van der Waals surface area (Å²) in [4.78, 5) is 6.73. The van der Waals surface area contributed by atoms with Gasteiger partial charge >= 0.3 is 0 Å². The fourth-order valence-electron chi connectivity index (χ4n) is 2.18. The van der Waals surface area contributed by atoms with Gasteiger partial charge in [0.15, 0.2) is 0 Å². The van der Waals surface area contributed by atoms with Crippen LogP contribution < -0.4 is 10.6 Å². The Morgan fingerprint density at radius 2 is 2.06 bits per heavy atom. The van der Waals surface area contributed by atoms with Gasteiger partial charge in [0.25, 0.3) is 0 Å². The molecule has 0 saturated heterocycles. The van der Waals surface area contributed by atoms with Crippen molar-refractivity contribution in [2.45, 2.75) is 20.3 Å². The highest BCUT2D eigenvalue weighted by Crippen LogP contribution is 2.28. The Bertz CT molecular complexity index is 508. The number of fused-ring (bicyclic) bond motifs is 1. The molecule has 0 fully saturated rings. The number of pyridine rings is 1. The first-order chi connectivity index (χ1) is 8.27. The lowest BCUT2D eigenvalue weighted by Crippen LogP contribution is -2.23. The van der Waals surface area contributed by atoms with Crippen LogP contribution in [-0.4, -0.2) is 18.1 Å². The Morgan fingerprint density at radius 3 is 2.76 bits per heavy atom. The summed E-state index contributed by atoms with van der Waals surface area (Å²) in [5.74, 6) is 0. The van der Waals surface area contributed by atoms with Gasteiger partial charge in [0.2, 0.25) is 0 Å². The first-order valence-corrected chi connectivity index (χ1v) is 6.16. The molecule has 3 heteroatoms. The largest absolute Gasteiger partial charge is 0.397 e. The second-order valence-electron chi connectivity index (χ2n) is 4.15. The van der Waals surface area contributed by atoms with Crippen LogP contribution in [0.25, 0.3) is 10.9 Å². The van der Waals surface area contributed by atoms with E-state index >= 15 is 0 Å². The summed E-state index contributed by atoms with van der Waals surface area (Å²) in [5.41, 5.74) is 8.84. The topological polar surface area (TPSA) is 42.2 Å². The maximum absolute atomic E-state index is 5.96. The van der Waals surface area contributed by atoms with Crippen molar-refractivity contribution < 1.29 is 0 Å². The fourth-order valence-corrected chi connectivity index (χ4v) is 2.18. The molecular formula is C14H19N3. The molecule has 0 spiro atoms. The molecule has 17 heavy (non-hydrogen) atoms. The van der Waals surface area contributed by atoms with Gasteiger partial charge in [-0.3, -0.25) is 4.98 Å². The molecule has 0 saturated carbocycles. The zero-order valence-corrected chi connectivity index (χ0v) is 10.5. The third-order valence-corrected chi connectivity index (χ3v) is 3.00. The molecule has 0 atom stereocenters. The summed E-state index contributed by atoms with van der Waals surface area (Å²) in [5, 5.41) is 1.14. The van der Waals surface area contributed by atoms with Crippen LogP contribution in [-0.2, 0) is 0 Å². The third kappa shape index (κ3) is 2.18. The lowest BCUT2D eigenvalue weighted by atomic mass is 10.1. The molecule has 0 radical (unpaired) electrons. The van der Waals surface area contributed by atoms with Crippen molar-refractivity contribution in [3.63, 3.8) is 0 Å². The molecule has 0 aliphatic heterocycles. The number of nitrogen functional groups attached to an aromatic ring is 1. The van der Waals surface area contributed by atoms with Crippen LogP contribution in [0.5, 0.6) is 0 Å². The second-order valence-corrected chi connectivity index (χ2v) is 4.15. The highest BCUT2D eigenvalue weighted by atomic mass is 15.1. The van der Waals surface area contributed by atoms with Crippen LogP contribution in [0.2, 0.25) is 0 Å². The van der Waals surface area contributed by atoms with E-state index < -0.39 is 0 Å². The molecule has 2 aromatic rings. The summed E-state index contributed by atoms with van der Waals surface area (Å²) in [7, 11) is 0. The molecule has 0 bridgehead atoms. The van der Waals surface area contributed by atoms with Gasteiger partial charge < -0.3 is 10.6 Å². The number of nitrogens with two attached hydrogens (primary N) is 1. The summed E-state index contributed by atoms with van der Waals surface area (Å²) in [6.45, 7) is 6.43. The average molecular weight is 229 g/mol. The Kier molecular flexibility index (Phi) is 3.47. The lowest BCUT2D eigenvalue weighted by molar-refractivity contribution is 0.794. The van der Waals surface area contributed by atoms with E-state index in [1.54, 1.807) is 0 Å². The Balaban J connectivity index is 2.57. The van der Waals surface area contributed by atoms with Gasteiger partial charge in [-0.2, -0.15) is 0 Å². The maximum atomic E-state index is 5.96. The standard InChI is InChI=1S/C14H19N3/c1-3-10-17(4-2)13-8-9-16-14-11(13)6-5-7-12(14)15/h5-9H,3-4,10,15H2,1-2H3. The predicted molar refractivity (Wildman–Crippen MR) is 74.3 cm³/mol. The fraction of sp³-hybridized carbons (Fsp3) is 0.357. The number of rotatable bonds is 4. The van der Waals surface area contributed by atoms with Gasteiger partial charge in [0.05, 0.1) is 11.2 Å². The number of anilines is 2. The maximum Gasteiger partial charge on any atom is 0.0951 e. The molecule has 1 aromatic carbocycles. The van der Waals surface area contributed by atoms with Gasteiger partial charge in [0, 0.05) is 30.4 Å². The van der Waals surface area contributed by atoms with Crippen molar-refractivity contribution in [3.05, 3.63) is 30.5 Å².